The molecule has 27 heavy (non-hydrogen) atoms. The number of carbonyl (C=O) groups excluding carboxylic acids is 1. The number of thiophene rings is 1. The Morgan fingerprint density at radius 3 is 2.78 bits per heavy atom. The van der Waals surface area contributed by atoms with Crippen molar-refractivity contribution in [1.29, 1.82) is 0 Å². The smallest absolute Gasteiger partial charge is 0.233 e. The summed E-state index contributed by atoms with van der Waals surface area (Å²) in [6.45, 7) is 2.70. The molecule has 142 valence electrons. The van der Waals surface area contributed by atoms with E-state index in [9.17, 15) is 4.79 Å². The van der Waals surface area contributed by atoms with Crippen molar-refractivity contribution in [2.45, 2.75) is 18.6 Å². The quantitative estimate of drug-likeness (QED) is 0.565. The van der Waals surface area contributed by atoms with Crippen LogP contribution >= 0.6 is 23.1 Å². The summed E-state index contributed by atoms with van der Waals surface area (Å²) in [5.41, 5.74) is 2.10. The molecule has 0 aliphatic heterocycles. The van der Waals surface area contributed by atoms with Gasteiger partial charge in [0, 0.05) is 19.0 Å². The summed E-state index contributed by atoms with van der Waals surface area (Å²) >= 11 is 3.07. The van der Waals surface area contributed by atoms with Crippen LogP contribution in [-0.2, 0) is 18.4 Å². The molecule has 0 aliphatic carbocycles. The summed E-state index contributed by atoms with van der Waals surface area (Å²) in [5, 5.41) is 11.3. The monoisotopic (exact) mass is 402 g/mol. The Morgan fingerprint density at radius 1 is 1.30 bits per heavy atom. The van der Waals surface area contributed by atoms with Gasteiger partial charge in [-0.05, 0) is 36.1 Å². The van der Waals surface area contributed by atoms with Crippen LogP contribution in [0.5, 0.6) is 5.75 Å². The van der Waals surface area contributed by atoms with Crippen LogP contribution in [0, 0.1) is 6.92 Å². The first-order valence-electron chi connectivity index (χ1n) is 8.43. The second-order valence-electron chi connectivity index (χ2n) is 6.13. The van der Waals surface area contributed by atoms with E-state index in [-0.39, 0.29) is 5.91 Å². The van der Waals surface area contributed by atoms with Gasteiger partial charge < -0.3 is 14.2 Å². The molecule has 6 nitrogen and oxygen atoms in total. The van der Waals surface area contributed by atoms with Gasteiger partial charge in [-0.15, -0.1) is 21.5 Å². The Morgan fingerprint density at radius 2 is 2.07 bits per heavy atom. The summed E-state index contributed by atoms with van der Waals surface area (Å²) in [7, 11) is 5.36. The van der Waals surface area contributed by atoms with Crippen LogP contribution in [-0.4, -0.2) is 45.5 Å². The van der Waals surface area contributed by atoms with Gasteiger partial charge in [0.1, 0.15) is 5.75 Å². The molecule has 0 spiro atoms. The number of benzene rings is 1. The lowest BCUT2D eigenvalue weighted by Gasteiger charge is -2.16. The fraction of sp³-hybridized carbons (Fsp3) is 0.316. The van der Waals surface area contributed by atoms with E-state index in [1.54, 1.807) is 23.3 Å². The molecule has 3 rings (SSSR count). The topological polar surface area (TPSA) is 60.3 Å². The third-order valence-corrected chi connectivity index (χ3v) is 6.29. The van der Waals surface area contributed by atoms with Crippen molar-refractivity contribution in [3.8, 4) is 17.1 Å². The third-order valence-electron chi connectivity index (χ3n) is 4.28. The van der Waals surface area contributed by atoms with Crippen LogP contribution in [0.3, 0.4) is 0 Å². The number of amides is 1. The average molecular weight is 403 g/mol. The van der Waals surface area contributed by atoms with Gasteiger partial charge in [-0.25, -0.2) is 0 Å². The Balaban J connectivity index is 1.66. The Hall–Kier alpha value is -2.32. The highest BCUT2D eigenvalue weighted by Gasteiger charge is 2.17. The van der Waals surface area contributed by atoms with Gasteiger partial charge in [0.05, 0.1) is 25.0 Å². The third kappa shape index (κ3) is 4.33. The minimum atomic E-state index is 0.0645. The van der Waals surface area contributed by atoms with Crippen molar-refractivity contribution in [2.75, 3.05) is 19.9 Å². The molecule has 0 saturated carbocycles. The summed E-state index contributed by atoms with van der Waals surface area (Å²) in [6.07, 6.45) is 0. The van der Waals surface area contributed by atoms with Crippen LogP contribution in [0.1, 0.15) is 10.4 Å². The van der Waals surface area contributed by atoms with Crippen LogP contribution in [0.25, 0.3) is 11.4 Å². The molecule has 0 unspecified atom stereocenters. The minimum Gasteiger partial charge on any atom is -0.496 e. The molecule has 0 saturated heterocycles. The normalized spacial score (nSPS) is 10.8. The molecule has 0 aliphatic rings. The lowest BCUT2D eigenvalue weighted by molar-refractivity contribution is -0.127. The largest absolute Gasteiger partial charge is 0.496 e. The van der Waals surface area contributed by atoms with E-state index < -0.39 is 0 Å². The maximum absolute atomic E-state index is 12.5. The highest BCUT2D eigenvalue weighted by Crippen LogP contribution is 2.30. The molecule has 2 heterocycles. The summed E-state index contributed by atoms with van der Waals surface area (Å²) in [4.78, 5) is 15.4. The molecule has 0 fully saturated rings. The zero-order valence-electron chi connectivity index (χ0n) is 15.8. The van der Waals surface area contributed by atoms with Crippen LogP contribution < -0.4 is 4.74 Å². The maximum Gasteiger partial charge on any atom is 0.233 e. The van der Waals surface area contributed by atoms with Crippen LogP contribution in [0.2, 0.25) is 0 Å². The number of rotatable bonds is 7. The number of thioether (sulfide) groups is 1. The van der Waals surface area contributed by atoms with E-state index in [0.717, 1.165) is 11.3 Å². The van der Waals surface area contributed by atoms with Gasteiger partial charge in [0.25, 0.3) is 0 Å². The predicted octanol–water partition coefficient (Wildman–Crippen LogP) is 3.61. The molecule has 1 aromatic carbocycles. The first-order valence-corrected chi connectivity index (χ1v) is 10.3. The Labute approximate surface area is 167 Å². The highest BCUT2D eigenvalue weighted by atomic mass is 32.2. The second-order valence-corrected chi connectivity index (χ2v) is 8.07. The number of aryl methyl sites for hydroxylation is 1. The summed E-state index contributed by atoms with van der Waals surface area (Å²) in [5.74, 6) is 1.84. The lowest BCUT2D eigenvalue weighted by atomic mass is 10.2. The number of nitrogens with zero attached hydrogens (tertiary/aromatic N) is 4. The number of methoxy groups -OCH3 is 1. The number of aromatic nitrogens is 3. The van der Waals surface area contributed by atoms with Crippen LogP contribution in [0.4, 0.5) is 0 Å². The van der Waals surface area contributed by atoms with Crippen molar-refractivity contribution in [3.63, 3.8) is 0 Å². The van der Waals surface area contributed by atoms with Gasteiger partial charge in [-0.1, -0.05) is 23.9 Å². The number of para-hydroxylation sites is 1. The number of carbonyl (C=O) groups is 1. The Kier molecular flexibility index (Phi) is 6.18. The minimum absolute atomic E-state index is 0.0645. The van der Waals surface area contributed by atoms with Crippen molar-refractivity contribution >= 4 is 29.0 Å². The van der Waals surface area contributed by atoms with Gasteiger partial charge in [0.15, 0.2) is 11.0 Å². The second kappa shape index (κ2) is 8.58. The highest BCUT2D eigenvalue weighted by molar-refractivity contribution is 7.99. The molecule has 3 aromatic rings. The number of ether oxygens (including phenoxy) is 1. The van der Waals surface area contributed by atoms with Crippen molar-refractivity contribution in [3.05, 3.63) is 46.2 Å². The zero-order chi connectivity index (χ0) is 19.4. The van der Waals surface area contributed by atoms with Gasteiger partial charge in [0.2, 0.25) is 5.91 Å². The molecule has 0 radical (unpaired) electrons. The summed E-state index contributed by atoms with van der Waals surface area (Å²) < 4.78 is 7.29. The molecular formula is C19H22N4O2S2. The fourth-order valence-electron chi connectivity index (χ4n) is 2.61. The van der Waals surface area contributed by atoms with Gasteiger partial charge in [-0.3, -0.25) is 4.79 Å². The average Bonchev–Trinajstić information content (AvgIpc) is 3.25. The van der Waals surface area contributed by atoms with E-state index in [0.29, 0.717) is 23.3 Å². The molecule has 0 N–H and O–H groups in total. The van der Waals surface area contributed by atoms with Crippen molar-refractivity contribution in [1.82, 2.24) is 19.7 Å². The first-order chi connectivity index (χ1) is 13.0. The standard InChI is InChI=1S/C19H22N4O2S2/c1-13-9-10-26-16(13)11-22(2)17(24)12-27-19-21-20-18(23(19)3)14-7-5-6-8-15(14)25-4/h5-10H,11-12H2,1-4H3. The zero-order valence-corrected chi connectivity index (χ0v) is 17.4. The first kappa shape index (κ1) is 19.4. The van der Waals surface area contributed by atoms with E-state index in [2.05, 4.69) is 28.6 Å². The Bertz CT molecular complexity index is 935. The van der Waals surface area contributed by atoms with Crippen molar-refractivity contribution < 1.29 is 9.53 Å². The lowest BCUT2D eigenvalue weighted by Crippen LogP contribution is -2.27. The van der Waals surface area contributed by atoms with Gasteiger partial charge >= 0.3 is 0 Å². The molecule has 1 amide bonds. The summed E-state index contributed by atoms with van der Waals surface area (Å²) in [6, 6.07) is 9.76. The van der Waals surface area contributed by atoms with Crippen molar-refractivity contribution in [2.24, 2.45) is 7.05 Å². The van der Waals surface area contributed by atoms with E-state index in [1.807, 2.05) is 42.9 Å². The van der Waals surface area contributed by atoms with Gasteiger partial charge in [-0.2, -0.15) is 0 Å². The molecular weight excluding hydrogens is 380 g/mol. The predicted molar refractivity (Wildman–Crippen MR) is 109 cm³/mol. The molecule has 0 atom stereocenters. The maximum atomic E-state index is 12.5. The number of hydrogen-bond donors (Lipinski definition) is 0. The van der Waals surface area contributed by atoms with E-state index in [1.165, 1.54) is 22.2 Å². The molecule has 2 aromatic heterocycles. The SMILES string of the molecule is COc1ccccc1-c1nnc(SCC(=O)N(C)Cc2sccc2C)n1C. The molecule has 0 bridgehead atoms. The van der Waals surface area contributed by atoms with Crippen LogP contribution in [0.15, 0.2) is 40.9 Å². The number of hydrogen-bond acceptors (Lipinski definition) is 6. The fourth-order valence-corrected chi connectivity index (χ4v) is 4.42. The van der Waals surface area contributed by atoms with E-state index >= 15 is 0 Å². The van der Waals surface area contributed by atoms with E-state index in [4.69, 9.17) is 4.74 Å². The molecule has 8 heteroatoms.